The highest BCUT2D eigenvalue weighted by Gasteiger charge is 2.14. The van der Waals surface area contributed by atoms with Gasteiger partial charge in [0.1, 0.15) is 0 Å². The van der Waals surface area contributed by atoms with Crippen LogP contribution in [-0.2, 0) is 0 Å². The molecule has 0 aliphatic heterocycles. The predicted octanol–water partition coefficient (Wildman–Crippen LogP) is 2.38. The Kier molecular flexibility index (Phi) is 5.14. The Bertz CT molecular complexity index is 551. The molecule has 4 heteroatoms. The molecule has 2 N–H and O–H groups in total. The molecule has 0 heterocycles. The third-order valence-corrected chi connectivity index (χ3v) is 3.84. The fourth-order valence-electron chi connectivity index (χ4n) is 2.46. The number of allylic oxidation sites excluding steroid dienone is 1. The minimum Gasteiger partial charge on any atom is -0.355 e. The Morgan fingerprint density at radius 1 is 1.14 bits per heavy atom. The number of benzene rings is 1. The molecular weight excluding hydrogens is 264 g/mol. The van der Waals surface area contributed by atoms with Crippen molar-refractivity contribution in [2.45, 2.75) is 19.8 Å². The van der Waals surface area contributed by atoms with Crippen LogP contribution in [-0.4, -0.2) is 25.4 Å². The molecule has 1 aromatic carbocycles. The molecule has 1 aliphatic rings. The zero-order valence-corrected chi connectivity index (χ0v) is 12.6. The standard InChI is InChI=1S/C17H22N2O2/c1-12-6-8-13(9-7-12)11-19-17(21)15-5-3-4-14(10-15)16(20)18-2/h3-6,8,10,12-13H,7,9,11H2,1-2H3,(H,18,20)(H,19,21)/t12-,13?/m1/s1. The first-order chi connectivity index (χ1) is 10.1. The van der Waals surface area contributed by atoms with Crippen molar-refractivity contribution in [3.05, 3.63) is 47.5 Å². The quantitative estimate of drug-likeness (QED) is 0.835. The van der Waals surface area contributed by atoms with E-state index in [4.69, 9.17) is 0 Å². The topological polar surface area (TPSA) is 58.2 Å². The maximum Gasteiger partial charge on any atom is 0.251 e. The second-order valence-electron chi connectivity index (χ2n) is 5.57. The lowest BCUT2D eigenvalue weighted by Gasteiger charge is -2.20. The first-order valence-electron chi connectivity index (χ1n) is 7.39. The van der Waals surface area contributed by atoms with E-state index in [2.05, 4.69) is 29.7 Å². The average molecular weight is 286 g/mol. The normalized spacial score (nSPS) is 20.9. The second-order valence-corrected chi connectivity index (χ2v) is 5.57. The first-order valence-corrected chi connectivity index (χ1v) is 7.39. The Hall–Kier alpha value is -2.10. The van der Waals surface area contributed by atoms with Crippen molar-refractivity contribution in [2.24, 2.45) is 11.8 Å². The summed E-state index contributed by atoms with van der Waals surface area (Å²) in [4.78, 5) is 23.7. The molecule has 112 valence electrons. The summed E-state index contributed by atoms with van der Waals surface area (Å²) in [6.45, 7) is 2.85. The summed E-state index contributed by atoms with van der Waals surface area (Å²) in [5.41, 5.74) is 1.01. The molecule has 2 rings (SSSR count). The fourth-order valence-corrected chi connectivity index (χ4v) is 2.46. The molecule has 0 bridgehead atoms. The number of carbonyl (C=O) groups excluding carboxylic acids is 2. The molecule has 4 nitrogen and oxygen atoms in total. The number of hydrogen-bond donors (Lipinski definition) is 2. The summed E-state index contributed by atoms with van der Waals surface area (Å²) < 4.78 is 0. The van der Waals surface area contributed by atoms with Crippen molar-refractivity contribution in [3.8, 4) is 0 Å². The van der Waals surface area contributed by atoms with Crippen LogP contribution in [0.2, 0.25) is 0 Å². The van der Waals surface area contributed by atoms with Gasteiger partial charge in [0.05, 0.1) is 0 Å². The molecule has 0 spiro atoms. The third kappa shape index (κ3) is 4.18. The second kappa shape index (κ2) is 7.07. The van der Waals surface area contributed by atoms with Crippen LogP contribution in [0.25, 0.3) is 0 Å². The van der Waals surface area contributed by atoms with Gasteiger partial charge in [0, 0.05) is 24.7 Å². The van der Waals surface area contributed by atoms with Gasteiger partial charge in [-0.05, 0) is 42.9 Å². The van der Waals surface area contributed by atoms with E-state index in [9.17, 15) is 9.59 Å². The molecule has 1 aliphatic carbocycles. The van der Waals surface area contributed by atoms with Crippen molar-refractivity contribution in [1.82, 2.24) is 10.6 Å². The van der Waals surface area contributed by atoms with E-state index >= 15 is 0 Å². The number of hydrogen-bond acceptors (Lipinski definition) is 2. The molecule has 0 saturated carbocycles. The smallest absolute Gasteiger partial charge is 0.251 e. The maximum absolute atomic E-state index is 12.1. The predicted molar refractivity (Wildman–Crippen MR) is 83.2 cm³/mol. The zero-order valence-electron chi connectivity index (χ0n) is 12.6. The number of carbonyl (C=O) groups is 2. The van der Waals surface area contributed by atoms with Crippen molar-refractivity contribution in [2.75, 3.05) is 13.6 Å². The summed E-state index contributed by atoms with van der Waals surface area (Å²) in [7, 11) is 1.57. The van der Waals surface area contributed by atoms with Gasteiger partial charge in [0.15, 0.2) is 0 Å². The molecule has 1 unspecified atom stereocenters. The Morgan fingerprint density at radius 2 is 1.86 bits per heavy atom. The van der Waals surface area contributed by atoms with Crippen LogP contribution in [0.5, 0.6) is 0 Å². The van der Waals surface area contributed by atoms with E-state index in [0.29, 0.717) is 29.5 Å². The summed E-state index contributed by atoms with van der Waals surface area (Å²) in [5, 5.41) is 5.50. The van der Waals surface area contributed by atoms with Gasteiger partial charge in [-0.1, -0.05) is 25.1 Å². The van der Waals surface area contributed by atoms with Gasteiger partial charge in [-0.25, -0.2) is 0 Å². The van der Waals surface area contributed by atoms with Crippen LogP contribution in [0.4, 0.5) is 0 Å². The van der Waals surface area contributed by atoms with Crippen LogP contribution >= 0.6 is 0 Å². The van der Waals surface area contributed by atoms with Crippen LogP contribution in [0, 0.1) is 11.8 Å². The van der Waals surface area contributed by atoms with Gasteiger partial charge in [-0.15, -0.1) is 0 Å². The third-order valence-electron chi connectivity index (χ3n) is 3.84. The molecular formula is C17H22N2O2. The number of amides is 2. The highest BCUT2D eigenvalue weighted by atomic mass is 16.2. The van der Waals surface area contributed by atoms with Crippen molar-refractivity contribution in [3.63, 3.8) is 0 Å². The van der Waals surface area contributed by atoms with Gasteiger partial charge < -0.3 is 10.6 Å². The highest BCUT2D eigenvalue weighted by Crippen LogP contribution is 2.21. The summed E-state index contributed by atoms with van der Waals surface area (Å²) in [6.07, 6.45) is 6.68. The molecule has 2 atom stereocenters. The summed E-state index contributed by atoms with van der Waals surface area (Å²) in [6, 6.07) is 6.76. The van der Waals surface area contributed by atoms with Gasteiger partial charge in [-0.2, -0.15) is 0 Å². The molecule has 0 radical (unpaired) electrons. The Balaban J connectivity index is 1.94. The molecule has 21 heavy (non-hydrogen) atoms. The lowest BCUT2D eigenvalue weighted by molar-refractivity contribution is 0.0948. The minimum absolute atomic E-state index is 0.132. The first kappa shape index (κ1) is 15.3. The molecule has 0 aromatic heterocycles. The van der Waals surface area contributed by atoms with E-state index < -0.39 is 0 Å². The van der Waals surface area contributed by atoms with Crippen molar-refractivity contribution in [1.29, 1.82) is 0 Å². The van der Waals surface area contributed by atoms with Gasteiger partial charge in [-0.3, -0.25) is 9.59 Å². The largest absolute Gasteiger partial charge is 0.355 e. The molecule has 2 amide bonds. The molecule has 0 saturated heterocycles. The zero-order chi connectivity index (χ0) is 15.2. The van der Waals surface area contributed by atoms with Crippen molar-refractivity contribution < 1.29 is 9.59 Å². The van der Waals surface area contributed by atoms with E-state index in [0.717, 1.165) is 6.42 Å². The fraction of sp³-hybridized carbons (Fsp3) is 0.412. The van der Waals surface area contributed by atoms with Crippen LogP contribution in [0.15, 0.2) is 36.4 Å². The van der Waals surface area contributed by atoms with Crippen LogP contribution < -0.4 is 10.6 Å². The Labute approximate surface area is 125 Å². The molecule has 0 fully saturated rings. The molecule has 1 aromatic rings. The maximum atomic E-state index is 12.1. The van der Waals surface area contributed by atoms with Gasteiger partial charge in [0.25, 0.3) is 11.8 Å². The minimum atomic E-state index is -0.186. The van der Waals surface area contributed by atoms with E-state index in [1.807, 2.05) is 0 Å². The SMILES string of the molecule is CNC(=O)c1cccc(C(=O)NCC2C=C[C@@H](C)CC2)c1. The lowest BCUT2D eigenvalue weighted by Crippen LogP contribution is -2.30. The summed E-state index contributed by atoms with van der Waals surface area (Å²) >= 11 is 0. The monoisotopic (exact) mass is 286 g/mol. The van der Waals surface area contributed by atoms with Gasteiger partial charge in [0.2, 0.25) is 0 Å². The van der Waals surface area contributed by atoms with E-state index in [1.165, 1.54) is 6.42 Å². The van der Waals surface area contributed by atoms with Crippen LogP contribution in [0.1, 0.15) is 40.5 Å². The average Bonchev–Trinajstić information content (AvgIpc) is 2.53. The van der Waals surface area contributed by atoms with E-state index in [-0.39, 0.29) is 11.8 Å². The summed E-state index contributed by atoms with van der Waals surface area (Å²) in [5.74, 6) is 0.732. The van der Waals surface area contributed by atoms with E-state index in [1.54, 1.807) is 31.3 Å². The number of rotatable bonds is 4. The van der Waals surface area contributed by atoms with Gasteiger partial charge >= 0.3 is 0 Å². The number of nitrogens with one attached hydrogen (secondary N) is 2. The van der Waals surface area contributed by atoms with Crippen molar-refractivity contribution >= 4 is 11.8 Å². The highest BCUT2D eigenvalue weighted by molar-refractivity contribution is 5.99. The van der Waals surface area contributed by atoms with Crippen LogP contribution in [0.3, 0.4) is 0 Å². The Morgan fingerprint density at radius 3 is 2.48 bits per heavy atom. The lowest BCUT2D eigenvalue weighted by atomic mass is 9.89.